The van der Waals surface area contributed by atoms with E-state index in [9.17, 15) is 9.90 Å². The van der Waals surface area contributed by atoms with Crippen LogP contribution >= 0.6 is 0 Å². The summed E-state index contributed by atoms with van der Waals surface area (Å²) < 4.78 is 1.92. The van der Waals surface area contributed by atoms with E-state index in [0.29, 0.717) is 37.0 Å². The second-order valence-electron chi connectivity index (χ2n) is 8.78. The summed E-state index contributed by atoms with van der Waals surface area (Å²) in [6, 6.07) is 16.7. The number of nitrogens with one attached hydrogen (secondary N) is 2. The Bertz CT molecular complexity index is 1180. The molecule has 0 unspecified atom stereocenters. The molecule has 1 heterocycles. The van der Waals surface area contributed by atoms with Gasteiger partial charge in [0.05, 0.1) is 6.54 Å². The number of anilines is 1. The molecule has 176 valence electrons. The van der Waals surface area contributed by atoms with Gasteiger partial charge in [0.1, 0.15) is 11.6 Å². The minimum Gasteiger partial charge on any atom is -0.508 e. The van der Waals surface area contributed by atoms with Gasteiger partial charge in [-0.2, -0.15) is 0 Å². The summed E-state index contributed by atoms with van der Waals surface area (Å²) in [7, 11) is 0. The van der Waals surface area contributed by atoms with E-state index in [1.807, 2.05) is 54.0 Å². The predicted octanol–water partition coefficient (Wildman–Crippen LogP) is 3.47. The standard InChI is InChI=1S/C27H31N5O2/c1-2-29-26(34)24-25(30-19-27(28)16-6-7-17-27)32(18-21-10-13-22(33)14-11-21)23(31-24)15-12-20-8-4-3-5-9-20/h3-5,8-11,13-14,30,33H,2,6-7,16-19,28H2,1H3,(H,29,34). The molecule has 0 atom stereocenters. The molecule has 3 aromatic rings. The van der Waals surface area contributed by atoms with Crippen molar-refractivity contribution < 1.29 is 9.90 Å². The van der Waals surface area contributed by atoms with Crippen molar-refractivity contribution in [2.24, 2.45) is 5.73 Å². The fraction of sp³-hybridized carbons (Fsp3) is 0.333. The van der Waals surface area contributed by atoms with Gasteiger partial charge in [0.2, 0.25) is 0 Å². The van der Waals surface area contributed by atoms with Crippen LogP contribution in [0.5, 0.6) is 5.75 Å². The van der Waals surface area contributed by atoms with Gasteiger partial charge in [-0.25, -0.2) is 4.98 Å². The number of imidazole rings is 1. The molecule has 7 heteroatoms. The van der Waals surface area contributed by atoms with Crippen molar-refractivity contribution in [3.63, 3.8) is 0 Å². The summed E-state index contributed by atoms with van der Waals surface area (Å²) in [5, 5.41) is 16.0. The lowest BCUT2D eigenvalue weighted by molar-refractivity contribution is 0.0952. The minimum absolute atomic E-state index is 0.200. The molecule has 2 aromatic carbocycles. The fourth-order valence-corrected chi connectivity index (χ4v) is 4.23. The van der Waals surface area contributed by atoms with Crippen molar-refractivity contribution in [2.45, 2.75) is 44.7 Å². The van der Waals surface area contributed by atoms with E-state index >= 15 is 0 Å². The molecule has 1 fully saturated rings. The zero-order valence-electron chi connectivity index (χ0n) is 19.5. The Hall–Kier alpha value is -3.76. The molecule has 1 aliphatic rings. The molecule has 1 saturated carbocycles. The van der Waals surface area contributed by atoms with Gasteiger partial charge in [-0.3, -0.25) is 9.36 Å². The first-order valence-corrected chi connectivity index (χ1v) is 11.7. The molecular weight excluding hydrogens is 426 g/mol. The highest BCUT2D eigenvalue weighted by atomic mass is 16.3. The van der Waals surface area contributed by atoms with Crippen molar-refractivity contribution in [1.82, 2.24) is 14.9 Å². The Morgan fingerprint density at radius 3 is 2.50 bits per heavy atom. The Morgan fingerprint density at radius 1 is 1.12 bits per heavy atom. The number of aromatic hydroxyl groups is 1. The first-order valence-electron chi connectivity index (χ1n) is 11.7. The van der Waals surface area contributed by atoms with Crippen LogP contribution in [0.1, 0.15) is 60.0 Å². The van der Waals surface area contributed by atoms with E-state index < -0.39 is 0 Å². The van der Waals surface area contributed by atoms with Crippen LogP contribution in [-0.4, -0.2) is 39.2 Å². The molecule has 34 heavy (non-hydrogen) atoms. The van der Waals surface area contributed by atoms with Crippen molar-refractivity contribution in [1.29, 1.82) is 0 Å². The van der Waals surface area contributed by atoms with Crippen LogP contribution in [0.25, 0.3) is 0 Å². The number of nitrogens with zero attached hydrogens (tertiary/aromatic N) is 2. The average molecular weight is 458 g/mol. The van der Waals surface area contributed by atoms with Crippen LogP contribution in [0.15, 0.2) is 54.6 Å². The Morgan fingerprint density at radius 2 is 1.82 bits per heavy atom. The quantitative estimate of drug-likeness (QED) is 0.407. The SMILES string of the molecule is CCNC(=O)c1nc(C#Cc2ccccc2)n(Cc2ccc(O)cc2)c1NCC1(N)CCCC1. The number of aromatic nitrogens is 2. The van der Waals surface area contributed by atoms with Crippen LogP contribution < -0.4 is 16.4 Å². The summed E-state index contributed by atoms with van der Waals surface area (Å²) in [6.07, 6.45) is 4.12. The van der Waals surface area contributed by atoms with Gasteiger partial charge in [0.15, 0.2) is 11.5 Å². The largest absolute Gasteiger partial charge is 0.508 e. The van der Waals surface area contributed by atoms with Crippen LogP contribution in [0.4, 0.5) is 5.82 Å². The molecule has 0 aliphatic heterocycles. The van der Waals surface area contributed by atoms with E-state index in [1.54, 1.807) is 12.1 Å². The molecule has 1 aliphatic carbocycles. The maximum atomic E-state index is 12.9. The third kappa shape index (κ3) is 5.59. The molecule has 0 saturated heterocycles. The monoisotopic (exact) mass is 457 g/mol. The Labute approximate surface area is 200 Å². The number of phenolic OH excluding ortho intramolecular Hbond substituents is 1. The molecule has 1 amide bonds. The van der Waals surface area contributed by atoms with Crippen molar-refractivity contribution in [2.75, 3.05) is 18.4 Å². The molecular formula is C27H31N5O2. The smallest absolute Gasteiger partial charge is 0.273 e. The van der Waals surface area contributed by atoms with E-state index in [-0.39, 0.29) is 17.2 Å². The van der Waals surface area contributed by atoms with E-state index in [1.165, 1.54) is 0 Å². The number of nitrogens with two attached hydrogens (primary N) is 1. The number of carbonyl (C=O) groups excluding carboxylic acids is 1. The van der Waals surface area contributed by atoms with Gasteiger partial charge in [-0.1, -0.05) is 49.1 Å². The van der Waals surface area contributed by atoms with Gasteiger partial charge in [-0.15, -0.1) is 0 Å². The van der Waals surface area contributed by atoms with Crippen molar-refractivity contribution in [3.05, 3.63) is 77.2 Å². The van der Waals surface area contributed by atoms with Gasteiger partial charge in [0, 0.05) is 24.2 Å². The van der Waals surface area contributed by atoms with Crippen LogP contribution in [0.3, 0.4) is 0 Å². The summed E-state index contributed by atoms with van der Waals surface area (Å²) in [5.74, 6) is 7.35. The first-order chi connectivity index (χ1) is 16.5. The highest BCUT2D eigenvalue weighted by Crippen LogP contribution is 2.29. The summed E-state index contributed by atoms with van der Waals surface area (Å²) in [5.41, 5.74) is 8.42. The van der Waals surface area contributed by atoms with Crippen LogP contribution in [0, 0.1) is 11.8 Å². The first kappa shape index (κ1) is 23.4. The molecule has 0 radical (unpaired) electrons. The predicted molar refractivity (Wildman–Crippen MR) is 134 cm³/mol. The molecule has 1 aromatic heterocycles. The second kappa shape index (κ2) is 10.4. The lowest BCUT2D eigenvalue weighted by atomic mass is 9.99. The molecule has 7 nitrogen and oxygen atoms in total. The highest BCUT2D eigenvalue weighted by molar-refractivity contribution is 5.97. The maximum Gasteiger partial charge on any atom is 0.273 e. The van der Waals surface area contributed by atoms with Crippen molar-refractivity contribution >= 4 is 11.7 Å². The van der Waals surface area contributed by atoms with Crippen LogP contribution in [0.2, 0.25) is 0 Å². The number of phenols is 1. The topological polar surface area (TPSA) is 105 Å². The zero-order chi connectivity index (χ0) is 24.0. The molecule has 0 bridgehead atoms. The summed E-state index contributed by atoms with van der Waals surface area (Å²) >= 11 is 0. The second-order valence-corrected chi connectivity index (χ2v) is 8.78. The van der Waals surface area contributed by atoms with E-state index in [0.717, 1.165) is 36.8 Å². The Kier molecular flexibility index (Phi) is 7.19. The highest BCUT2D eigenvalue weighted by Gasteiger charge is 2.31. The maximum absolute atomic E-state index is 12.9. The fourth-order valence-electron chi connectivity index (χ4n) is 4.23. The summed E-state index contributed by atoms with van der Waals surface area (Å²) in [4.78, 5) is 17.6. The van der Waals surface area contributed by atoms with Gasteiger partial charge in [-0.05, 0) is 55.5 Å². The van der Waals surface area contributed by atoms with Gasteiger partial charge in [0.25, 0.3) is 5.91 Å². The number of amides is 1. The van der Waals surface area contributed by atoms with Crippen molar-refractivity contribution in [3.8, 4) is 17.6 Å². The van der Waals surface area contributed by atoms with Gasteiger partial charge >= 0.3 is 0 Å². The lowest BCUT2D eigenvalue weighted by Crippen LogP contribution is -2.44. The number of rotatable bonds is 7. The lowest BCUT2D eigenvalue weighted by Gasteiger charge is -2.25. The molecule has 0 spiro atoms. The number of benzene rings is 2. The molecule has 4 rings (SSSR count). The normalized spacial score (nSPS) is 14.3. The van der Waals surface area contributed by atoms with Gasteiger partial charge < -0.3 is 21.5 Å². The number of hydrogen-bond donors (Lipinski definition) is 4. The minimum atomic E-state index is -0.304. The third-order valence-corrected chi connectivity index (χ3v) is 6.10. The third-order valence-electron chi connectivity index (χ3n) is 6.10. The Balaban J connectivity index is 1.77. The average Bonchev–Trinajstić information content (AvgIpc) is 3.42. The number of hydrogen-bond acceptors (Lipinski definition) is 5. The van der Waals surface area contributed by atoms with E-state index in [2.05, 4.69) is 27.5 Å². The van der Waals surface area contributed by atoms with Crippen LogP contribution in [-0.2, 0) is 6.54 Å². The molecule has 5 N–H and O–H groups in total. The summed E-state index contributed by atoms with van der Waals surface area (Å²) in [6.45, 7) is 3.36. The zero-order valence-corrected chi connectivity index (χ0v) is 19.5. The number of carbonyl (C=O) groups is 1. The van der Waals surface area contributed by atoms with E-state index in [4.69, 9.17) is 5.73 Å².